The second kappa shape index (κ2) is 4.14. The van der Waals surface area contributed by atoms with Gasteiger partial charge in [0.2, 0.25) is 0 Å². The summed E-state index contributed by atoms with van der Waals surface area (Å²) in [6.45, 7) is 0.371. The highest BCUT2D eigenvalue weighted by molar-refractivity contribution is 5.93. The lowest BCUT2D eigenvalue weighted by Crippen LogP contribution is -2.50. The molecule has 0 spiro atoms. The van der Waals surface area contributed by atoms with Gasteiger partial charge in [0.05, 0.1) is 0 Å². The zero-order chi connectivity index (χ0) is 12.5. The van der Waals surface area contributed by atoms with Crippen LogP contribution in [0.5, 0.6) is 0 Å². The Morgan fingerprint density at radius 3 is 2.76 bits per heavy atom. The molecule has 2 rings (SSSR count). The van der Waals surface area contributed by atoms with Crippen molar-refractivity contribution in [2.75, 3.05) is 13.1 Å². The number of carbonyl (C=O) groups is 2. The molecule has 1 atom stereocenters. The number of carbonyl (C=O) groups excluding carboxylic acids is 1. The minimum atomic E-state index is -1.33. The van der Waals surface area contributed by atoms with Crippen LogP contribution >= 0.6 is 0 Å². The number of hydrogen-bond acceptors (Lipinski definition) is 4. The summed E-state index contributed by atoms with van der Waals surface area (Å²) in [6, 6.07) is 5.02. The Balaban J connectivity index is 2.12. The number of hydrogen-bond donors (Lipinski definition) is 2. The number of aromatic nitrogens is 1. The molecule has 1 aromatic rings. The Kier molecular flexibility index (Phi) is 2.81. The van der Waals surface area contributed by atoms with Crippen LogP contribution in [0, 0.1) is 0 Å². The molecule has 0 aliphatic carbocycles. The van der Waals surface area contributed by atoms with Crippen molar-refractivity contribution in [3.63, 3.8) is 0 Å². The van der Waals surface area contributed by atoms with Gasteiger partial charge in [0.15, 0.2) is 0 Å². The third kappa shape index (κ3) is 2.12. The van der Waals surface area contributed by atoms with E-state index in [2.05, 4.69) is 4.98 Å². The number of pyridine rings is 1. The van der Waals surface area contributed by atoms with Gasteiger partial charge >= 0.3 is 5.97 Å². The van der Waals surface area contributed by atoms with E-state index in [9.17, 15) is 9.59 Å². The Morgan fingerprint density at radius 2 is 2.24 bits per heavy atom. The first-order chi connectivity index (χ1) is 8.03. The summed E-state index contributed by atoms with van der Waals surface area (Å²) in [7, 11) is 0. The van der Waals surface area contributed by atoms with Crippen molar-refractivity contribution in [2.24, 2.45) is 5.73 Å². The van der Waals surface area contributed by atoms with Crippen LogP contribution in [0.2, 0.25) is 0 Å². The van der Waals surface area contributed by atoms with Crippen LogP contribution in [0.1, 0.15) is 16.9 Å². The Morgan fingerprint density at radius 1 is 1.47 bits per heavy atom. The molecule has 6 heteroatoms. The first-order valence-corrected chi connectivity index (χ1v) is 5.25. The fourth-order valence-electron chi connectivity index (χ4n) is 1.83. The lowest BCUT2D eigenvalue weighted by atomic mass is 10.0. The Hall–Kier alpha value is -1.95. The van der Waals surface area contributed by atoms with Gasteiger partial charge in [-0.05, 0) is 18.6 Å². The highest BCUT2D eigenvalue weighted by atomic mass is 16.4. The number of rotatable bonds is 2. The molecule has 1 aromatic heterocycles. The number of carboxylic acid groups (broad SMARTS) is 1. The number of nitrogens with zero attached hydrogens (tertiary/aromatic N) is 2. The van der Waals surface area contributed by atoms with E-state index in [-0.39, 0.29) is 18.9 Å². The van der Waals surface area contributed by atoms with Gasteiger partial charge in [-0.25, -0.2) is 0 Å². The van der Waals surface area contributed by atoms with E-state index in [0.29, 0.717) is 12.2 Å². The second-order valence-electron chi connectivity index (χ2n) is 4.15. The summed E-state index contributed by atoms with van der Waals surface area (Å²) in [5, 5.41) is 8.96. The lowest BCUT2D eigenvalue weighted by Gasteiger charge is -2.19. The number of amides is 1. The van der Waals surface area contributed by atoms with Crippen LogP contribution in [0.3, 0.4) is 0 Å². The molecule has 2 heterocycles. The number of likely N-dealkylation sites (tertiary alicyclic amines) is 1. The molecule has 1 fully saturated rings. The molecule has 90 valence electrons. The van der Waals surface area contributed by atoms with Gasteiger partial charge in [-0.3, -0.25) is 14.6 Å². The predicted molar refractivity (Wildman–Crippen MR) is 59.3 cm³/mol. The van der Waals surface area contributed by atoms with Crippen molar-refractivity contribution in [3.8, 4) is 0 Å². The monoisotopic (exact) mass is 235 g/mol. The van der Waals surface area contributed by atoms with E-state index in [1.807, 2.05) is 0 Å². The maximum Gasteiger partial charge on any atom is 0.325 e. The van der Waals surface area contributed by atoms with Crippen molar-refractivity contribution >= 4 is 11.9 Å². The molecule has 1 amide bonds. The molecule has 1 saturated heterocycles. The molecule has 0 radical (unpaired) electrons. The van der Waals surface area contributed by atoms with Crippen LogP contribution in [0.4, 0.5) is 0 Å². The number of nitrogens with two attached hydrogens (primary N) is 1. The van der Waals surface area contributed by atoms with Crippen LogP contribution in [0.25, 0.3) is 0 Å². The van der Waals surface area contributed by atoms with E-state index in [1.54, 1.807) is 18.2 Å². The molecule has 0 aromatic carbocycles. The molecule has 1 aliphatic rings. The first kappa shape index (κ1) is 11.5. The normalized spacial score (nSPS) is 23.7. The van der Waals surface area contributed by atoms with Crippen molar-refractivity contribution in [1.82, 2.24) is 9.88 Å². The van der Waals surface area contributed by atoms with E-state index in [0.717, 1.165) is 0 Å². The molecular formula is C11H13N3O3. The molecule has 17 heavy (non-hydrogen) atoms. The van der Waals surface area contributed by atoms with E-state index in [1.165, 1.54) is 11.1 Å². The van der Waals surface area contributed by atoms with Crippen LogP contribution in [-0.4, -0.2) is 45.5 Å². The maximum atomic E-state index is 12.0. The summed E-state index contributed by atoms with van der Waals surface area (Å²) in [4.78, 5) is 28.3. The molecule has 6 nitrogen and oxygen atoms in total. The van der Waals surface area contributed by atoms with Gasteiger partial charge in [0.1, 0.15) is 11.2 Å². The topological polar surface area (TPSA) is 96.5 Å². The van der Waals surface area contributed by atoms with E-state index >= 15 is 0 Å². The molecule has 1 aliphatic heterocycles. The van der Waals surface area contributed by atoms with Gasteiger partial charge < -0.3 is 15.7 Å². The molecule has 0 saturated carbocycles. The van der Waals surface area contributed by atoms with Gasteiger partial charge in [-0.15, -0.1) is 0 Å². The third-order valence-corrected chi connectivity index (χ3v) is 2.90. The SMILES string of the molecule is NC1(C(=O)O)CCN(C(=O)c2ccccn2)C1. The van der Waals surface area contributed by atoms with Gasteiger partial charge in [-0.2, -0.15) is 0 Å². The zero-order valence-corrected chi connectivity index (χ0v) is 9.17. The Bertz CT molecular complexity index is 449. The lowest BCUT2D eigenvalue weighted by molar-refractivity contribution is -0.142. The fraction of sp³-hybridized carbons (Fsp3) is 0.364. The van der Waals surface area contributed by atoms with Gasteiger partial charge in [0, 0.05) is 19.3 Å². The standard InChI is InChI=1S/C11H13N3O3/c12-11(10(16)17)4-6-14(7-11)9(15)8-3-1-2-5-13-8/h1-3,5H,4,6-7,12H2,(H,16,17). The van der Waals surface area contributed by atoms with E-state index in [4.69, 9.17) is 10.8 Å². The quantitative estimate of drug-likeness (QED) is 0.734. The molecule has 3 N–H and O–H groups in total. The first-order valence-electron chi connectivity index (χ1n) is 5.25. The third-order valence-electron chi connectivity index (χ3n) is 2.90. The number of aliphatic carboxylic acids is 1. The highest BCUT2D eigenvalue weighted by Crippen LogP contribution is 2.20. The highest BCUT2D eigenvalue weighted by Gasteiger charge is 2.43. The number of carboxylic acids is 1. The van der Waals surface area contributed by atoms with Gasteiger partial charge in [0.25, 0.3) is 5.91 Å². The van der Waals surface area contributed by atoms with Gasteiger partial charge in [-0.1, -0.05) is 6.07 Å². The molecular weight excluding hydrogens is 222 g/mol. The maximum absolute atomic E-state index is 12.0. The zero-order valence-electron chi connectivity index (χ0n) is 9.17. The summed E-state index contributed by atoms with van der Waals surface area (Å²) >= 11 is 0. The summed E-state index contributed by atoms with van der Waals surface area (Å²) in [6.07, 6.45) is 1.79. The largest absolute Gasteiger partial charge is 0.480 e. The smallest absolute Gasteiger partial charge is 0.325 e. The van der Waals surface area contributed by atoms with Crippen LogP contribution in [-0.2, 0) is 4.79 Å². The van der Waals surface area contributed by atoms with Crippen molar-refractivity contribution < 1.29 is 14.7 Å². The van der Waals surface area contributed by atoms with E-state index < -0.39 is 11.5 Å². The molecule has 1 unspecified atom stereocenters. The van der Waals surface area contributed by atoms with Crippen molar-refractivity contribution in [2.45, 2.75) is 12.0 Å². The molecule has 0 bridgehead atoms. The fourth-order valence-corrected chi connectivity index (χ4v) is 1.83. The van der Waals surface area contributed by atoms with Crippen molar-refractivity contribution in [3.05, 3.63) is 30.1 Å². The van der Waals surface area contributed by atoms with Crippen LogP contribution in [0.15, 0.2) is 24.4 Å². The summed E-state index contributed by atoms with van der Waals surface area (Å²) < 4.78 is 0. The van der Waals surface area contributed by atoms with Crippen LogP contribution < -0.4 is 5.73 Å². The average Bonchev–Trinajstić information content (AvgIpc) is 2.74. The Labute approximate surface area is 98.1 Å². The minimum Gasteiger partial charge on any atom is -0.480 e. The minimum absolute atomic E-state index is 0.0255. The average molecular weight is 235 g/mol. The predicted octanol–water partition coefficient (Wildman–Crippen LogP) is -0.290. The summed E-state index contributed by atoms with van der Waals surface area (Å²) in [5.41, 5.74) is 4.67. The summed E-state index contributed by atoms with van der Waals surface area (Å²) in [5.74, 6) is -1.35. The van der Waals surface area contributed by atoms with Crippen molar-refractivity contribution in [1.29, 1.82) is 0 Å². The second-order valence-corrected chi connectivity index (χ2v) is 4.15.